The molecule has 0 bridgehead atoms. The first-order chi connectivity index (χ1) is 9.97. The number of urea groups is 1. The minimum atomic E-state index is -0.969. The Kier molecular flexibility index (Phi) is 5.22. The third-order valence-corrected chi connectivity index (χ3v) is 4.22. The third-order valence-electron chi connectivity index (χ3n) is 3.48. The zero-order chi connectivity index (χ0) is 15.4. The van der Waals surface area contributed by atoms with Gasteiger partial charge in [0.15, 0.2) is 0 Å². The average Bonchev–Trinajstić information content (AvgIpc) is 3.11. The van der Waals surface area contributed by atoms with Gasteiger partial charge in [0, 0.05) is 12.6 Å². The number of carboxylic acid groups (broad SMARTS) is 1. The summed E-state index contributed by atoms with van der Waals surface area (Å²) in [6.45, 7) is 4.45. The maximum atomic E-state index is 12.4. The van der Waals surface area contributed by atoms with E-state index in [9.17, 15) is 14.7 Å². The molecule has 2 N–H and O–H groups in total. The Morgan fingerprint density at radius 3 is 2.67 bits per heavy atom. The van der Waals surface area contributed by atoms with Gasteiger partial charge in [-0.3, -0.25) is 0 Å². The highest BCUT2D eigenvalue weighted by atomic mass is 32.1. The Morgan fingerprint density at radius 1 is 1.48 bits per heavy atom. The Labute approximate surface area is 129 Å². The van der Waals surface area contributed by atoms with Crippen LogP contribution in [0, 0.1) is 5.92 Å². The first kappa shape index (κ1) is 15.8. The second kappa shape index (κ2) is 6.93. The molecule has 6 heteroatoms. The van der Waals surface area contributed by atoms with Gasteiger partial charge in [-0.1, -0.05) is 13.8 Å². The maximum absolute atomic E-state index is 12.4. The second-order valence-electron chi connectivity index (χ2n) is 5.96. The Morgan fingerprint density at radius 2 is 2.19 bits per heavy atom. The minimum absolute atomic E-state index is 0.220. The smallest absolute Gasteiger partial charge is 0.326 e. The molecule has 1 aliphatic rings. The molecule has 1 aliphatic carbocycles. The van der Waals surface area contributed by atoms with Crippen LogP contribution >= 0.6 is 11.3 Å². The quantitative estimate of drug-likeness (QED) is 0.813. The lowest BCUT2D eigenvalue weighted by Gasteiger charge is -2.25. The van der Waals surface area contributed by atoms with E-state index < -0.39 is 12.0 Å². The van der Waals surface area contributed by atoms with Crippen LogP contribution in [0.3, 0.4) is 0 Å². The summed E-state index contributed by atoms with van der Waals surface area (Å²) < 4.78 is 0. The summed E-state index contributed by atoms with van der Waals surface area (Å²) in [5.41, 5.74) is 1.10. The Bertz CT molecular complexity index is 483. The van der Waals surface area contributed by atoms with Crippen LogP contribution in [0.25, 0.3) is 0 Å². The fourth-order valence-corrected chi connectivity index (χ4v) is 2.92. The van der Waals surface area contributed by atoms with Crippen LogP contribution in [0.5, 0.6) is 0 Å². The lowest BCUT2D eigenvalue weighted by atomic mass is 10.0. The van der Waals surface area contributed by atoms with Crippen molar-refractivity contribution in [3.05, 3.63) is 22.4 Å². The van der Waals surface area contributed by atoms with Gasteiger partial charge >= 0.3 is 12.0 Å². The van der Waals surface area contributed by atoms with E-state index in [1.165, 1.54) is 0 Å². The number of thiophene rings is 1. The van der Waals surface area contributed by atoms with Crippen LogP contribution in [0.4, 0.5) is 4.79 Å². The van der Waals surface area contributed by atoms with Crippen LogP contribution in [0.15, 0.2) is 16.8 Å². The van der Waals surface area contributed by atoms with E-state index in [1.54, 1.807) is 16.2 Å². The first-order valence-electron chi connectivity index (χ1n) is 7.28. The maximum Gasteiger partial charge on any atom is 0.326 e. The van der Waals surface area contributed by atoms with Crippen molar-refractivity contribution in [2.45, 2.75) is 51.7 Å². The van der Waals surface area contributed by atoms with Crippen LogP contribution in [-0.4, -0.2) is 34.1 Å². The number of nitrogens with zero attached hydrogens (tertiary/aromatic N) is 1. The molecule has 2 amide bonds. The summed E-state index contributed by atoms with van der Waals surface area (Å²) in [4.78, 5) is 25.4. The fraction of sp³-hybridized carbons (Fsp3) is 0.600. The molecule has 0 aliphatic heterocycles. The van der Waals surface area contributed by atoms with Crippen molar-refractivity contribution in [2.75, 3.05) is 0 Å². The number of aliphatic carboxylic acids is 1. The molecule has 21 heavy (non-hydrogen) atoms. The SMILES string of the molecule is CC(C)C[C@@H](NC(=O)N(Cc1ccsc1)C1CC1)C(=O)O. The molecule has 1 aromatic heterocycles. The number of hydrogen-bond acceptors (Lipinski definition) is 3. The van der Waals surface area contributed by atoms with Gasteiger partial charge in [-0.2, -0.15) is 11.3 Å². The Hall–Kier alpha value is -1.56. The lowest BCUT2D eigenvalue weighted by Crippen LogP contribution is -2.48. The number of carbonyl (C=O) groups excluding carboxylic acids is 1. The van der Waals surface area contributed by atoms with Gasteiger partial charge in [0.25, 0.3) is 0 Å². The lowest BCUT2D eigenvalue weighted by molar-refractivity contribution is -0.139. The molecule has 0 aromatic carbocycles. The van der Waals surface area contributed by atoms with Gasteiger partial charge in [0.1, 0.15) is 6.04 Å². The van der Waals surface area contributed by atoms with E-state index in [0.717, 1.165) is 18.4 Å². The molecule has 1 aromatic rings. The van der Waals surface area contributed by atoms with E-state index >= 15 is 0 Å². The summed E-state index contributed by atoms with van der Waals surface area (Å²) in [5.74, 6) is -0.749. The molecule has 0 spiro atoms. The second-order valence-corrected chi connectivity index (χ2v) is 6.74. The van der Waals surface area contributed by atoms with Crippen molar-refractivity contribution in [3.8, 4) is 0 Å². The molecule has 0 radical (unpaired) electrons. The number of carbonyl (C=O) groups is 2. The van der Waals surface area contributed by atoms with Crippen molar-refractivity contribution < 1.29 is 14.7 Å². The number of hydrogen-bond donors (Lipinski definition) is 2. The van der Waals surface area contributed by atoms with Crippen LogP contribution < -0.4 is 5.32 Å². The first-order valence-corrected chi connectivity index (χ1v) is 8.22. The normalized spacial score (nSPS) is 15.8. The Balaban J connectivity index is 1.99. The van der Waals surface area contributed by atoms with Gasteiger partial charge in [-0.15, -0.1) is 0 Å². The molecule has 1 fully saturated rings. The number of amides is 2. The highest BCUT2D eigenvalue weighted by molar-refractivity contribution is 7.07. The van der Waals surface area contributed by atoms with Gasteiger partial charge in [0.05, 0.1) is 0 Å². The van der Waals surface area contributed by atoms with E-state index in [1.807, 2.05) is 30.7 Å². The van der Waals surface area contributed by atoms with Gasteiger partial charge in [-0.05, 0) is 47.6 Å². The molecule has 2 rings (SSSR count). The largest absolute Gasteiger partial charge is 0.480 e. The highest BCUT2D eigenvalue weighted by Crippen LogP contribution is 2.29. The molecule has 1 atom stereocenters. The fourth-order valence-electron chi connectivity index (χ4n) is 2.26. The molecule has 116 valence electrons. The van der Waals surface area contributed by atoms with Gasteiger partial charge < -0.3 is 15.3 Å². The van der Waals surface area contributed by atoms with Crippen LogP contribution in [-0.2, 0) is 11.3 Å². The van der Waals surface area contributed by atoms with Crippen molar-refractivity contribution in [3.63, 3.8) is 0 Å². The zero-order valence-corrected chi connectivity index (χ0v) is 13.2. The van der Waals surface area contributed by atoms with Crippen molar-refractivity contribution in [2.24, 2.45) is 5.92 Å². The van der Waals surface area contributed by atoms with E-state index in [2.05, 4.69) is 5.32 Å². The van der Waals surface area contributed by atoms with Crippen molar-refractivity contribution in [1.82, 2.24) is 10.2 Å². The summed E-state index contributed by atoms with van der Waals surface area (Å²) in [6.07, 6.45) is 2.44. The van der Waals surface area contributed by atoms with Gasteiger partial charge in [-0.25, -0.2) is 9.59 Å². The number of rotatable bonds is 7. The molecular weight excluding hydrogens is 288 g/mol. The van der Waals surface area contributed by atoms with E-state index in [4.69, 9.17) is 0 Å². The molecule has 5 nitrogen and oxygen atoms in total. The molecule has 0 unspecified atom stereocenters. The third kappa shape index (κ3) is 4.74. The van der Waals surface area contributed by atoms with Crippen LogP contribution in [0.1, 0.15) is 38.7 Å². The van der Waals surface area contributed by atoms with Crippen molar-refractivity contribution in [1.29, 1.82) is 0 Å². The van der Waals surface area contributed by atoms with Gasteiger partial charge in [0.2, 0.25) is 0 Å². The standard InChI is InChI=1S/C15H22N2O3S/c1-10(2)7-13(14(18)19)16-15(20)17(12-3-4-12)8-11-5-6-21-9-11/h5-6,9-10,12-13H,3-4,7-8H2,1-2H3,(H,16,20)(H,18,19)/t13-/m1/s1. The topological polar surface area (TPSA) is 69.6 Å². The van der Waals surface area contributed by atoms with E-state index in [-0.39, 0.29) is 18.0 Å². The summed E-state index contributed by atoms with van der Waals surface area (Å²) in [6, 6.07) is 1.16. The summed E-state index contributed by atoms with van der Waals surface area (Å²) >= 11 is 1.60. The number of carboxylic acids is 1. The monoisotopic (exact) mass is 310 g/mol. The van der Waals surface area contributed by atoms with E-state index in [0.29, 0.717) is 13.0 Å². The number of nitrogens with one attached hydrogen (secondary N) is 1. The van der Waals surface area contributed by atoms with Crippen LogP contribution in [0.2, 0.25) is 0 Å². The highest BCUT2D eigenvalue weighted by Gasteiger charge is 2.34. The summed E-state index contributed by atoms with van der Waals surface area (Å²) in [7, 11) is 0. The predicted octanol–water partition coefficient (Wildman–Crippen LogP) is 2.92. The zero-order valence-electron chi connectivity index (χ0n) is 12.4. The average molecular weight is 310 g/mol. The minimum Gasteiger partial charge on any atom is -0.480 e. The molecule has 1 heterocycles. The van der Waals surface area contributed by atoms with Crippen molar-refractivity contribution >= 4 is 23.3 Å². The predicted molar refractivity (Wildman–Crippen MR) is 82.3 cm³/mol. The summed E-state index contributed by atoms with van der Waals surface area (Å²) in [5, 5.41) is 15.9. The molecule has 0 saturated heterocycles. The molecular formula is C15H22N2O3S. The molecule has 1 saturated carbocycles.